The molecule has 1 aliphatic rings. The number of rotatable bonds is 3. The molecule has 32 heavy (non-hydrogen) atoms. The summed E-state index contributed by atoms with van der Waals surface area (Å²) >= 11 is 12.2. The fourth-order valence-electron chi connectivity index (χ4n) is 3.72. The molecule has 8 nitrogen and oxygen atoms in total. The molecule has 1 aromatic heterocycles. The second kappa shape index (κ2) is 8.54. The lowest BCUT2D eigenvalue weighted by Gasteiger charge is -2.32. The number of halogens is 2. The van der Waals surface area contributed by atoms with Crippen molar-refractivity contribution < 1.29 is 9.59 Å². The third-order valence-corrected chi connectivity index (χ3v) is 5.98. The molecule has 4 rings (SSSR count). The number of fused-ring (bicyclic) bond motifs is 1. The normalized spacial score (nSPS) is 15.1. The number of nitrogens with zero attached hydrogens (tertiary/aromatic N) is 4. The van der Waals surface area contributed by atoms with E-state index in [0.717, 1.165) is 0 Å². The van der Waals surface area contributed by atoms with Gasteiger partial charge in [0.25, 0.3) is 5.91 Å². The number of benzene rings is 2. The van der Waals surface area contributed by atoms with Crippen LogP contribution in [-0.4, -0.2) is 33.2 Å². The minimum absolute atomic E-state index is 0.152. The van der Waals surface area contributed by atoms with Gasteiger partial charge in [0, 0.05) is 17.8 Å². The standard InChI is InChI=1S/C22H18Cl2N6O2/c1-12-10-29(22(32)27-15-5-2-13(9-25)3-6-15)11-18-19(21(26)31)20(28-30(12)18)14-4-7-16(23)17(24)8-14/h2-8,12H,10-11H2,1H3,(H2,26,31)(H,27,32)/t12-/m0/s1. The number of primary amides is 1. The van der Waals surface area contributed by atoms with Crippen LogP contribution in [0.2, 0.25) is 10.0 Å². The predicted octanol–water partition coefficient (Wildman–Crippen LogP) is 4.44. The fourth-order valence-corrected chi connectivity index (χ4v) is 4.01. The molecule has 2 aromatic carbocycles. The zero-order valence-electron chi connectivity index (χ0n) is 17.0. The smallest absolute Gasteiger partial charge is 0.322 e. The molecular weight excluding hydrogens is 451 g/mol. The second-order valence-electron chi connectivity index (χ2n) is 7.46. The second-order valence-corrected chi connectivity index (χ2v) is 8.27. The van der Waals surface area contributed by atoms with Gasteiger partial charge in [0.1, 0.15) is 5.69 Å². The Bertz CT molecular complexity index is 1260. The molecule has 0 radical (unpaired) electrons. The quantitative estimate of drug-likeness (QED) is 0.590. The number of hydrogen-bond donors (Lipinski definition) is 2. The summed E-state index contributed by atoms with van der Waals surface area (Å²) in [5.41, 5.74) is 8.56. The van der Waals surface area contributed by atoms with Gasteiger partial charge in [-0.3, -0.25) is 9.48 Å². The Labute approximate surface area is 194 Å². The number of aromatic nitrogens is 2. The Morgan fingerprint density at radius 3 is 2.53 bits per heavy atom. The summed E-state index contributed by atoms with van der Waals surface area (Å²) in [4.78, 5) is 26.9. The van der Waals surface area contributed by atoms with Crippen LogP contribution in [0, 0.1) is 11.3 Å². The van der Waals surface area contributed by atoms with E-state index in [1.165, 1.54) is 0 Å². The van der Waals surface area contributed by atoms with Gasteiger partial charge >= 0.3 is 6.03 Å². The van der Waals surface area contributed by atoms with Crippen LogP contribution in [0.5, 0.6) is 0 Å². The molecule has 0 bridgehead atoms. The van der Waals surface area contributed by atoms with Gasteiger partial charge in [-0.1, -0.05) is 29.3 Å². The Kier molecular flexibility index (Phi) is 5.78. The molecule has 1 aliphatic heterocycles. The van der Waals surface area contributed by atoms with Crippen LogP contribution >= 0.6 is 23.2 Å². The molecule has 2 heterocycles. The molecule has 10 heteroatoms. The predicted molar refractivity (Wildman–Crippen MR) is 121 cm³/mol. The van der Waals surface area contributed by atoms with E-state index in [-0.39, 0.29) is 24.2 Å². The molecule has 1 atom stereocenters. The van der Waals surface area contributed by atoms with Crippen LogP contribution in [0.1, 0.15) is 34.6 Å². The highest BCUT2D eigenvalue weighted by molar-refractivity contribution is 6.42. The highest BCUT2D eigenvalue weighted by atomic mass is 35.5. The molecule has 0 aliphatic carbocycles. The van der Waals surface area contributed by atoms with Gasteiger partial charge in [-0.15, -0.1) is 0 Å². The highest BCUT2D eigenvalue weighted by Gasteiger charge is 2.33. The zero-order valence-corrected chi connectivity index (χ0v) is 18.5. The van der Waals surface area contributed by atoms with Gasteiger partial charge in [-0.25, -0.2) is 4.79 Å². The zero-order chi connectivity index (χ0) is 23.0. The van der Waals surface area contributed by atoms with Crippen molar-refractivity contribution >= 4 is 40.8 Å². The van der Waals surface area contributed by atoms with Crippen LogP contribution in [0.3, 0.4) is 0 Å². The lowest BCUT2D eigenvalue weighted by atomic mass is 10.0. The highest BCUT2D eigenvalue weighted by Crippen LogP contribution is 2.34. The summed E-state index contributed by atoms with van der Waals surface area (Å²) in [6.45, 7) is 2.44. The largest absolute Gasteiger partial charge is 0.365 e. The molecule has 0 saturated carbocycles. The minimum atomic E-state index is -0.645. The Balaban J connectivity index is 1.66. The lowest BCUT2D eigenvalue weighted by Crippen LogP contribution is -2.43. The van der Waals surface area contributed by atoms with E-state index in [2.05, 4.69) is 10.4 Å². The average molecular weight is 469 g/mol. The average Bonchev–Trinajstić information content (AvgIpc) is 3.16. The summed E-state index contributed by atoms with van der Waals surface area (Å²) in [5.74, 6) is -0.645. The summed E-state index contributed by atoms with van der Waals surface area (Å²) < 4.78 is 1.73. The van der Waals surface area contributed by atoms with Crippen molar-refractivity contribution in [3.8, 4) is 17.3 Å². The van der Waals surface area contributed by atoms with Crippen molar-refractivity contribution in [2.45, 2.75) is 19.5 Å². The molecule has 0 saturated heterocycles. The van der Waals surface area contributed by atoms with E-state index in [1.807, 2.05) is 13.0 Å². The van der Waals surface area contributed by atoms with E-state index in [4.69, 9.17) is 34.2 Å². The third-order valence-electron chi connectivity index (χ3n) is 5.24. The van der Waals surface area contributed by atoms with Crippen molar-refractivity contribution in [2.24, 2.45) is 5.73 Å². The summed E-state index contributed by atoms with van der Waals surface area (Å²) in [6, 6.07) is 13.0. The van der Waals surface area contributed by atoms with Gasteiger partial charge in [0.2, 0.25) is 0 Å². The Hall–Kier alpha value is -3.54. The molecule has 3 amide bonds. The first kappa shape index (κ1) is 21.7. The molecule has 3 aromatic rings. The van der Waals surface area contributed by atoms with E-state index in [0.29, 0.717) is 44.8 Å². The number of carbonyl (C=O) groups excluding carboxylic acids is 2. The van der Waals surface area contributed by atoms with Gasteiger partial charge in [0.15, 0.2) is 0 Å². The molecule has 0 spiro atoms. The van der Waals surface area contributed by atoms with Gasteiger partial charge < -0.3 is 16.0 Å². The minimum Gasteiger partial charge on any atom is -0.365 e. The number of nitrogens with one attached hydrogen (secondary N) is 1. The molecule has 162 valence electrons. The maximum Gasteiger partial charge on any atom is 0.322 e. The van der Waals surface area contributed by atoms with Crippen molar-refractivity contribution in [3.63, 3.8) is 0 Å². The maximum atomic E-state index is 12.9. The number of urea groups is 1. The van der Waals surface area contributed by atoms with E-state index < -0.39 is 5.91 Å². The van der Waals surface area contributed by atoms with E-state index >= 15 is 0 Å². The number of nitriles is 1. The number of nitrogens with two attached hydrogens (primary N) is 1. The first-order valence-corrected chi connectivity index (χ1v) is 10.5. The van der Waals surface area contributed by atoms with Crippen molar-refractivity contribution in [3.05, 3.63) is 69.3 Å². The maximum absolute atomic E-state index is 12.9. The van der Waals surface area contributed by atoms with Crippen LogP contribution < -0.4 is 11.1 Å². The number of anilines is 1. The Morgan fingerprint density at radius 2 is 1.91 bits per heavy atom. The summed E-state index contributed by atoms with van der Waals surface area (Å²) in [7, 11) is 0. The Morgan fingerprint density at radius 1 is 1.19 bits per heavy atom. The number of carbonyl (C=O) groups is 2. The van der Waals surface area contributed by atoms with Gasteiger partial charge in [0.05, 0.1) is 45.5 Å². The third kappa shape index (κ3) is 4.00. The first-order valence-electron chi connectivity index (χ1n) is 9.71. The monoisotopic (exact) mass is 468 g/mol. The van der Waals surface area contributed by atoms with Crippen LogP contribution in [0.25, 0.3) is 11.3 Å². The van der Waals surface area contributed by atoms with Gasteiger partial charge in [-0.05, 0) is 43.3 Å². The van der Waals surface area contributed by atoms with E-state index in [9.17, 15) is 9.59 Å². The SMILES string of the molecule is C[C@H]1CN(C(=O)Nc2ccc(C#N)cc2)Cc2c(C(N)=O)c(-c3ccc(Cl)c(Cl)c3)nn21. The van der Waals surface area contributed by atoms with Crippen LogP contribution in [-0.2, 0) is 6.54 Å². The van der Waals surface area contributed by atoms with Crippen molar-refractivity contribution in [1.82, 2.24) is 14.7 Å². The number of amides is 3. The number of hydrogen-bond acceptors (Lipinski definition) is 4. The lowest BCUT2D eigenvalue weighted by molar-refractivity contribution is 0.0997. The first-order chi connectivity index (χ1) is 15.3. The summed E-state index contributed by atoms with van der Waals surface area (Å²) in [5, 5.41) is 17.1. The van der Waals surface area contributed by atoms with Crippen LogP contribution in [0.4, 0.5) is 10.5 Å². The molecule has 0 unspecified atom stereocenters. The molecule has 0 fully saturated rings. The molecule has 3 N–H and O–H groups in total. The summed E-state index contributed by atoms with van der Waals surface area (Å²) in [6.07, 6.45) is 0. The van der Waals surface area contributed by atoms with Gasteiger partial charge in [-0.2, -0.15) is 10.4 Å². The topological polar surface area (TPSA) is 117 Å². The molecular formula is C22H18Cl2N6O2. The fraction of sp³-hybridized carbons (Fsp3) is 0.182. The van der Waals surface area contributed by atoms with E-state index in [1.54, 1.807) is 52.0 Å². The van der Waals surface area contributed by atoms with Crippen molar-refractivity contribution in [1.29, 1.82) is 5.26 Å². The van der Waals surface area contributed by atoms with Crippen LogP contribution in [0.15, 0.2) is 42.5 Å². The van der Waals surface area contributed by atoms with Crippen molar-refractivity contribution in [2.75, 3.05) is 11.9 Å².